The van der Waals surface area contributed by atoms with Crippen LogP contribution in [-0.2, 0) is 14.8 Å². The Morgan fingerprint density at radius 2 is 1.63 bits per heavy atom. The van der Waals surface area contributed by atoms with E-state index in [0.29, 0.717) is 24.6 Å². The molecule has 3 aromatic carbocycles. The monoisotopic (exact) mass is 534 g/mol. The van der Waals surface area contributed by atoms with Crippen LogP contribution in [0.2, 0.25) is 0 Å². The highest BCUT2D eigenvalue weighted by molar-refractivity contribution is 7.89. The molecule has 1 unspecified atom stereocenters. The van der Waals surface area contributed by atoms with E-state index in [4.69, 9.17) is 9.47 Å². The van der Waals surface area contributed by atoms with E-state index in [-0.39, 0.29) is 18.0 Å². The Bertz CT molecular complexity index is 1370. The van der Waals surface area contributed by atoms with E-state index in [2.05, 4.69) is 48.2 Å². The molecule has 38 heavy (non-hydrogen) atoms. The first-order valence-corrected chi connectivity index (χ1v) is 14.8. The van der Waals surface area contributed by atoms with Crippen LogP contribution in [-0.4, -0.2) is 70.2 Å². The van der Waals surface area contributed by atoms with Crippen LogP contribution < -0.4 is 4.74 Å². The van der Waals surface area contributed by atoms with Gasteiger partial charge in [-0.2, -0.15) is 4.31 Å². The van der Waals surface area contributed by atoms with Gasteiger partial charge in [-0.3, -0.25) is 4.90 Å². The molecule has 3 atom stereocenters. The van der Waals surface area contributed by atoms with Crippen LogP contribution in [0.25, 0.3) is 11.1 Å². The summed E-state index contributed by atoms with van der Waals surface area (Å²) in [6.07, 6.45) is 1.83. The molecule has 0 N–H and O–H groups in total. The second-order valence-corrected chi connectivity index (χ2v) is 12.4. The zero-order chi connectivity index (χ0) is 26.9. The number of benzene rings is 3. The Labute approximate surface area is 227 Å². The Morgan fingerprint density at radius 3 is 2.32 bits per heavy atom. The molecule has 2 heterocycles. The summed E-state index contributed by atoms with van der Waals surface area (Å²) in [7, 11) is -0.144. The molecule has 0 radical (unpaired) electrons. The third-order valence-electron chi connectivity index (χ3n) is 8.23. The fraction of sp³-hybridized carbons (Fsp3) is 0.419. The molecule has 0 aliphatic carbocycles. The zero-order valence-electron chi connectivity index (χ0n) is 22.8. The van der Waals surface area contributed by atoms with Crippen LogP contribution in [0.1, 0.15) is 35.4 Å². The van der Waals surface area contributed by atoms with Crippen LogP contribution >= 0.6 is 0 Å². The van der Waals surface area contributed by atoms with E-state index < -0.39 is 10.0 Å². The second kappa shape index (κ2) is 11.2. The molecule has 0 amide bonds. The van der Waals surface area contributed by atoms with Gasteiger partial charge >= 0.3 is 0 Å². The van der Waals surface area contributed by atoms with E-state index in [1.807, 2.05) is 31.2 Å². The quantitative estimate of drug-likeness (QED) is 0.415. The number of nitrogens with zero attached hydrogens (tertiary/aromatic N) is 2. The van der Waals surface area contributed by atoms with Crippen LogP contribution in [0.15, 0.2) is 71.6 Å². The van der Waals surface area contributed by atoms with Crippen LogP contribution in [0, 0.1) is 13.8 Å². The van der Waals surface area contributed by atoms with Gasteiger partial charge in [0, 0.05) is 38.2 Å². The third kappa shape index (κ3) is 5.00. The maximum atomic E-state index is 13.8. The maximum Gasteiger partial charge on any atom is 0.243 e. The minimum Gasteiger partial charge on any atom is -0.497 e. The minimum atomic E-state index is -3.58. The summed E-state index contributed by atoms with van der Waals surface area (Å²) in [5, 5.41) is 0. The van der Waals surface area contributed by atoms with Crippen molar-refractivity contribution in [2.45, 2.75) is 49.6 Å². The first kappa shape index (κ1) is 26.9. The molecular weight excluding hydrogens is 496 g/mol. The fourth-order valence-corrected chi connectivity index (χ4v) is 7.96. The van der Waals surface area contributed by atoms with Crippen molar-refractivity contribution in [3.63, 3.8) is 0 Å². The standard InChI is InChI=1S/C31H38N2O4S/c1-22-9-5-6-10-30(22)38(34,35)32-17-7-8-18-33-28(20-32)31(29(33)21-36-3)25-13-11-24(12-14-25)27-16-15-26(37-4)19-23(27)2/h5-6,9-16,19,28-29,31H,7-8,17-18,20-21H2,1-4H3/t28?,29-,31+/m1/s1. The molecule has 7 heteroatoms. The normalized spacial score (nSPS) is 22.7. The van der Waals surface area contributed by atoms with Gasteiger partial charge in [0.15, 0.2) is 0 Å². The Balaban J connectivity index is 1.44. The largest absolute Gasteiger partial charge is 0.497 e. The molecule has 2 fully saturated rings. The topological polar surface area (TPSA) is 59.1 Å². The van der Waals surface area contributed by atoms with Gasteiger partial charge in [0.25, 0.3) is 0 Å². The molecular formula is C31H38N2O4S. The smallest absolute Gasteiger partial charge is 0.243 e. The van der Waals surface area contributed by atoms with Gasteiger partial charge in [0.05, 0.1) is 18.6 Å². The van der Waals surface area contributed by atoms with E-state index in [9.17, 15) is 8.42 Å². The predicted octanol–water partition coefficient (Wildman–Crippen LogP) is 5.25. The molecule has 2 aliphatic heterocycles. The number of fused-ring (bicyclic) bond motifs is 1. The number of hydrogen-bond donors (Lipinski definition) is 0. The molecule has 0 aromatic heterocycles. The first-order chi connectivity index (χ1) is 18.3. The molecule has 0 spiro atoms. The summed E-state index contributed by atoms with van der Waals surface area (Å²) in [5.41, 5.74) is 5.54. The van der Waals surface area contributed by atoms with Crippen molar-refractivity contribution in [1.29, 1.82) is 0 Å². The molecule has 0 saturated carbocycles. The number of methoxy groups -OCH3 is 2. The summed E-state index contributed by atoms with van der Waals surface area (Å²) in [4.78, 5) is 2.88. The lowest BCUT2D eigenvalue weighted by Gasteiger charge is -2.57. The van der Waals surface area contributed by atoms with E-state index in [1.165, 1.54) is 16.7 Å². The van der Waals surface area contributed by atoms with Crippen molar-refractivity contribution in [2.75, 3.05) is 40.5 Å². The minimum absolute atomic E-state index is 0.114. The van der Waals surface area contributed by atoms with Crippen molar-refractivity contribution in [3.8, 4) is 16.9 Å². The number of aryl methyl sites for hydroxylation is 2. The lowest BCUT2D eigenvalue weighted by molar-refractivity contribution is -0.0635. The van der Waals surface area contributed by atoms with Gasteiger partial charge in [-0.15, -0.1) is 0 Å². The Morgan fingerprint density at radius 1 is 0.895 bits per heavy atom. The van der Waals surface area contributed by atoms with Gasteiger partial charge in [0.1, 0.15) is 5.75 Å². The number of ether oxygens (including phenoxy) is 2. The Hall–Kier alpha value is -2.71. The van der Waals surface area contributed by atoms with Crippen molar-refractivity contribution in [3.05, 3.63) is 83.4 Å². The van der Waals surface area contributed by atoms with E-state index in [0.717, 1.165) is 36.3 Å². The van der Waals surface area contributed by atoms with Gasteiger partial charge in [0.2, 0.25) is 10.0 Å². The summed E-state index contributed by atoms with van der Waals surface area (Å²) >= 11 is 0. The van der Waals surface area contributed by atoms with Crippen molar-refractivity contribution in [1.82, 2.24) is 9.21 Å². The predicted molar refractivity (Wildman–Crippen MR) is 151 cm³/mol. The number of hydrogen-bond acceptors (Lipinski definition) is 5. The van der Waals surface area contributed by atoms with E-state index in [1.54, 1.807) is 24.6 Å². The first-order valence-electron chi connectivity index (χ1n) is 13.4. The molecule has 6 nitrogen and oxygen atoms in total. The SMILES string of the molecule is COC[C@@H]1[C@@H](c2ccc(-c3ccc(OC)cc3C)cc2)C2CN(S(=O)(=O)c3ccccc3C)CCCCN21. The van der Waals surface area contributed by atoms with Gasteiger partial charge in [-0.25, -0.2) is 8.42 Å². The average molecular weight is 535 g/mol. The van der Waals surface area contributed by atoms with Gasteiger partial charge in [-0.1, -0.05) is 48.5 Å². The second-order valence-electron chi connectivity index (χ2n) is 10.5. The molecule has 3 aromatic rings. The van der Waals surface area contributed by atoms with Crippen LogP contribution in [0.5, 0.6) is 5.75 Å². The summed E-state index contributed by atoms with van der Waals surface area (Å²) in [5.74, 6) is 1.06. The summed E-state index contributed by atoms with van der Waals surface area (Å²) < 4.78 is 40.2. The highest BCUT2D eigenvalue weighted by atomic mass is 32.2. The Kier molecular flexibility index (Phi) is 7.91. The highest BCUT2D eigenvalue weighted by Gasteiger charge is 2.50. The molecule has 5 rings (SSSR count). The zero-order valence-corrected chi connectivity index (χ0v) is 23.6. The van der Waals surface area contributed by atoms with Gasteiger partial charge in [-0.05, 0) is 79.3 Å². The van der Waals surface area contributed by atoms with E-state index >= 15 is 0 Å². The molecule has 0 bridgehead atoms. The molecule has 2 aliphatic rings. The lowest BCUT2D eigenvalue weighted by atomic mass is 9.74. The lowest BCUT2D eigenvalue weighted by Crippen LogP contribution is -2.68. The fourth-order valence-electron chi connectivity index (χ4n) is 6.24. The maximum absolute atomic E-state index is 13.8. The van der Waals surface area contributed by atoms with Crippen LogP contribution in [0.4, 0.5) is 0 Å². The van der Waals surface area contributed by atoms with Gasteiger partial charge < -0.3 is 9.47 Å². The van der Waals surface area contributed by atoms with Crippen molar-refractivity contribution in [2.24, 2.45) is 0 Å². The van der Waals surface area contributed by atoms with Crippen molar-refractivity contribution < 1.29 is 17.9 Å². The highest BCUT2D eigenvalue weighted by Crippen LogP contribution is 2.43. The number of sulfonamides is 1. The molecule has 2 saturated heterocycles. The average Bonchev–Trinajstić information content (AvgIpc) is 2.90. The summed E-state index contributed by atoms with van der Waals surface area (Å²) in [6, 6.07) is 22.6. The summed E-state index contributed by atoms with van der Waals surface area (Å²) in [6.45, 7) is 6.61. The molecule has 202 valence electrons. The third-order valence-corrected chi connectivity index (χ3v) is 10.3. The van der Waals surface area contributed by atoms with Crippen molar-refractivity contribution >= 4 is 10.0 Å². The van der Waals surface area contributed by atoms with Crippen LogP contribution in [0.3, 0.4) is 0 Å². The number of rotatable bonds is 7.